The van der Waals surface area contributed by atoms with Crippen molar-refractivity contribution >= 4 is 45.1 Å². The van der Waals surface area contributed by atoms with E-state index in [1.807, 2.05) is 6.07 Å². The van der Waals surface area contributed by atoms with Crippen molar-refractivity contribution in [3.63, 3.8) is 0 Å². The molecular formula is C28H28Cl2N2O5S. The molecule has 1 amide bonds. The van der Waals surface area contributed by atoms with Gasteiger partial charge in [0.05, 0.1) is 15.5 Å². The van der Waals surface area contributed by atoms with Gasteiger partial charge in [0, 0.05) is 30.6 Å². The van der Waals surface area contributed by atoms with E-state index in [0.29, 0.717) is 23.4 Å². The zero-order valence-corrected chi connectivity index (χ0v) is 23.1. The first-order chi connectivity index (χ1) is 18.1. The molecule has 0 spiro atoms. The predicted octanol–water partition coefficient (Wildman–Crippen LogP) is 5.29. The Bertz CT molecular complexity index is 1430. The molecular weight excluding hydrogens is 547 g/mol. The van der Waals surface area contributed by atoms with Crippen LogP contribution in [0.5, 0.6) is 0 Å². The van der Waals surface area contributed by atoms with Gasteiger partial charge in [0.25, 0.3) is 5.91 Å². The molecule has 1 N–H and O–H groups in total. The highest BCUT2D eigenvalue weighted by Gasteiger charge is 2.40. The fraction of sp³-hybridized carbons (Fsp3) is 0.286. The Kier molecular flexibility index (Phi) is 8.78. The second-order valence-electron chi connectivity index (χ2n) is 9.30. The van der Waals surface area contributed by atoms with Crippen molar-refractivity contribution in [3.8, 4) is 0 Å². The second-order valence-corrected chi connectivity index (χ2v) is 12.0. The van der Waals surface area contributed by atoms with E-state index in [-0.39, 0.29) is 35.0 Å². The number of hydrogen-bond acceptors (Lipinski definition) is 4. The average molecular weight is 576 g/mol. The molecule has 200 valence electrons. The van der Waals surface area contributed by atoms with Crippen LogP contribution in [0.4, 0.5) is 0 Å². The van der Waals surface area contributed by atoms with Gasteiger partial charge in [0.1, 0.15) is 6.04 Å². The summed E-state index contributed by atoms with van der Waals surface area (Å²) in [4.78, 5) is 27.8. The van der Waals surface area contributed by atoms with E-state index < -0.39 is 34.0 Å². The average Bonchev–Trinajstić information content (AvgIpc) is 3.36. The molecule has 1 aliphatic heterocycles. The molecule has 0 aromatic heterocycles. The first kappa shape index (κ1) is 28.1. The molecule has 2 atom stereocenters. The maximum atomic E-state index is 13.8. The quantitative estimate of drug-likeness (QED) is 0.374. The van der Waals surface area contributed by atoms with Crippen LogP contribution >= 0.6 is 23.2 Å². The fourth-order valence-corrected chi connectivity index (χ4v) is 7.25. The first-order valence-corrected chi connectivity index (χ1v) is 14.4. The second kappa shape index (κ2) is 11.9. The molecule has 10 heteroatoms. The van der Waals surface area contributed by atoms with Crippen LogP contribution < -0.4 is 0 Å². The number of carboxylic acid groups (broad SMARTS) is 1. The third kappa shape index (κ3) is 6.04. The van der Waals surface area contributed by atoms with Crippen LogP contribution in [0.2, 0.25) is 10.0 Å². The molecule has 0 radical (unpaired) electrons. The maximum absolute atomic E-state index is 13.8. The number of sulfonamides is 1. The lowest BCUT2D eigenvalue weighted by Crippen LogP contribution is -2.52. The van der Waals surface area contributed by atoms with Crippen molar-refractivity contribution in [2.45, 2.75) is 43.2 Å². The van der Waals surface area contributed by atoms with Gasteiger partial charge in [0.15, 0.2) is 0 Å². The molecule has 1 saturated heterocycles. The molecule has 7 nitrogen and oxygen atoms in total. The molecule has 3 aromatic carbocycles. The van der Waals surface area contributed by atoms with Crippen molar-refractivity contribution in [2.24, 2.45) is 0 Å². The number of carboxylic acids is 1. The number of nitrogens with zero attached hydrogens (tertiary/aromatic N) is 2. The van der Waals surface area contributed by atoms with Crippen molar-refractivity contribution in [2.75, 3.05) is 13.1 Å². The van der Waals surface area contributed by atoms with E-state index in [9.17, 15) is 23.1 Å². The van der Waals surface area contributed by atoms with Gasteiger partial charge in [-0.1, -0.05) is 71.7 Å². The molecule has 1 heterocycles. The Labute approximate surface area is 232 Å². The number of amides is 1. The molecule has 0 bridgehead atoms. The Hall–Kier alpha value is -2.91. The smallest absolute Gasteiger partial charge is 0.326 e. The van der Waals surface area contributed by atoms with Crippen molar-refractivity contribution < 1.29 is 23.1 Å². The summed E-state index contributed by atoms with van der Waals surface area (Å²) in [6.07, 6.45) is 1.13. The summed E-state index contributed by atoms with van der Waals surface area (Å²) < 4.78 is 28.7. The van der Waals surface area contributed by atoms with Crippen LogP contribution in [0.1, 0.15) is 34.3 Å². The lowest BCUT2D eigenvalue weighted by molar-refractivity contribution is -0.142. The van der Waals surface area contributed by atoms with Crippen molar-refractivity contribution in [1.29, 1.82) is 0 Å². The normalized spacial score (nSPS) is 16.8. The van der Waals surface area contributed by atoms with E-state index in [1.54, 1.807) is 55.5 Å². The van der Waals surface area contributed by atoms with Crippen LogP contribution in [0.15, 0.2) is 77.7 Å². The van der Waals surface area contributed by atoms with E-state index in [4.69, 9.17) is 23.2 Å². The fourth-order valence-electron chi connectivity index (χ4n) is 4.84. The molecule has 38 heavy (non-hydrogen) atoms. The van der Waals surface area contributed by atoms with Crippen molar-refractivity contribution in [1.82, 2.24) is 9.21 Å². The van der Waals surface area contributed by atoms with Gasteiger partial charge in [-0.25, -0.2) is 13.2 Å². The van der Waals surface area contributed by atoms with Gasteiger partial charge in [0.2, 0.25) is 10.0 Å². The van der Waals surface area contributed by atoms with Crippen LogP contribution in [-0.4, -0.2) is 59.8 Å². The number of aryl methyl sites for hydroxylation is 1. The molecule has 1 fully saturated rings. The first-order valence-electron chi connectivity index (χ1n) is 12.2. The highest BCUT2D eigenvalue weighted by atomic mass is 35.5. The van der Waals surface area contributed by atoms with Crippen molar-refractivity contribution in [3.05, 3.63) is 99.5 Å². The lowest BCUT2D eigenvalue weighted by atomic mass is 10.0. The molecule has 0 saturated carbocycles. The van der Waals surface area contributed by atoms with Crippen LogP contribution in [0.3, 0.4) is 0 Å². The SMILES string of the molecule is Cc1ccccc1S(=O)(=O)N1CCC[C@H]1CN(C(=O)c1ccc(Cl)cc1Cl)[C@@H](Cc1ccccc1)C(=O)O. The van der Waals surface area contributed by atoms with E-state index in [1.165, 1.54) is 27.4 Å². The summed E-state index contributed by atoms with van der Waals surface area (Å²) in [5.41, 5.74) is 1.45. The standard InChI is InChI=1S/C28H28Cl2N2O5S/c1-19-8-5-6-12-26(19)38(36,37)32-15-7-11-22(32)18-31(27(33)23-14-13-21(29)17-24(23)30)25(28(34)35)16-20-9-3-2-4-10-20/h2-6,8-10,12-14,17,22,25H,7,11,15-16,18H2,1H3,(H,34,35)/t22-,25-/m0/s1. The molecule has 0 aliphatic carbocycles. The minimum absolute atomic E-state index is 0.0460. The predicted molar refractivity (Wildman–Crippen MR) is 147 cm³/mol. The van der Waals surface area contributed by atoms with Crippen LogP contribution in [0.25, 0.3) is 0 Å². The van der Waals surface area contributed by atoms with E-state index in [2.05, 4.69) is 0 Å². The van der Waals surface area contributed by atoms with Crippen LogP contribution in [0, 0.1) is 6.92 Å². The van der Waals surface area contributed by atoms with Gasteiger partial charge in [-0.15, -0.1) is 0 Å². The number of hydrogen-bond donors (Lipinski definition) is 1. The summed E-state index contributed by atoms with van der Waals surface area (Å²) in [7, 11) is -3.87. The highest BCUT2D eigenvalue weighted by molar-refractivity contribution is 7.89. The number of carbonyl (C=O) groups excluding carboxylic acids is 1. The number of aliphatic carboxylic acids is 1. The molecule has 0 unspecified atom stereocenters. The van der Waals surface area contributed by atoms with Gasteiger partial charge in [-0.2, -0.15) is 4.31 Å². The summed E-state index contributed by atoms with van der Waals surface area (Å²) in [6.45, 7) is 1.91. The van der Waals surface area contributed by atoms with Gasteiger partial charge in [-0.05, 0) is 55.2 Å². The van der Waals surface area contributed by atoms with E-state index >= 15 is 0 Å². The summed E-state index contributed by atoms with van der Waals surface area (Å²) in [5, 5.41) is 10.7. The number of halogens is 2. The number of carbonyl (C=O) groups is 2. The number of rotatable bonds is 9. The Balaban J connectivity index is 1.73. The number of benzene rings is 3. The Morgan fingerprint density at radius 3 is 2.39 bits per heavy atom. The minimum atomic E-state index is -3.87. The summed E-state index contributed by atoms with van der Waals surface area (Å²) in [5.74, 6) is -1.80. The molecule has 4 rings (SSSR count). The van der Waals surface area contributed by atoms with Gasteiger partial charge < -0.3 is 10.0 Å². The zero-order valence-electron chi connectivity index (χ0n) is 20.8. The zero-order chi connectivity index (χ0) is 27.4. The topological polar surface area (TPSA) is 95.0 Å². The lowest BCUT2D eigenvalue weighted by Gasteiger charge is -2.34. The molecule has 3 aromatic rings. The summed E-state index contributed by atoms with van der Waals surface area (Å²) in [6, 6.07) is 18.3. The maximum Gasteiger partial charge on any atom is 0.326 e. The monoisotopic (exact) mass is 574 g/mol. The van der Waals surface area contributed by atoms with Gasteiger partial charge in [-0.3, -0.25) is 4.79 Å². The minimum Gasteiger partial charge on any atom is -0.480 e. The van der Waals surface area contributed by atoms with Crippen LogP contribution in [-0.2, 0) is 21.2 Å². The third-order valence-corrected chi connectivity index (χ3v) is 9.43. The third-order valence-electron chi connectivity index (χ3n) is 6.77. The molecule has 1 aliphatic rings. The largest absolute Gasteiger partial charge is 0.480 e. The van der Waals surface area contributed by atoms with Gasteiger partial charge >= 0.3 is 5.97 Å². The highest BCUT2D eigenvalue weighted by Crippen LogP contribution is 2.30. The van der Waals surface area contributed by atoms with E-state index in [0.717, 1.165) is 5.56 Å². The Morgan fingerprint density at radius 1 is 1.05 bits per heavy atom. The Morgan fingerprint density at radius 2 is 1.74 bits per heavy atom. The summed E-state index contributed by atoms with van der Waals surface area (Å²) >= 11 is 12.4.